The Balaban J connectivity index is 1.77. The molecule has 0 radical (unpaired) electrons. The fraction of sp³-hybridized carbons (Fsp3) is 0.414. The van der Waals surface area contributed by atoms with E-state index in [1.165, 1.54) is 0 Å². The summed E-state index contributed by atoms with van der Waals surface area (Å²) in [6.07, 6.45) is 0.744. The molecule has 2 aromatic carbocycles. The third kappa shape index (κ3) is 4.88. The lowest BCUT2D eigenvalue weighted by atomic mass is 9.66. The molecule has 2 aromatic rings. The SMILES string of the molecule is COc1ccc([C@H]2CC(=O)C3C(=NC(C)=C(C(=O)OC(C)C)[C@@H]3c3cccc(C)c3)C2)cc1OC. The third-order valence-electron chi connectivity index (χ3n) is 6.80. The minimum Gasteiger partial charge on any atom is -0.493 e. The van der Waals surface area contributed by atoms with E-state index in [9.17, 15) is 9.59 Å². The molecule has 1 aliphatic carbocycles. The summed E-state index contributed by atoms with van der Waals surface area (Å²) < 4.78 is 16.4. The molecule has 184 valence electrons. The molecule has 1 saturated carbocycles. The zero-order valence-electron chi connectivity index (χ0n) is 21.3. The average molecular weight is 476 g/mol. The van der Waals surface area contributed by atoms with Crippen LogP contribution in [0.4, 0.5) is 0 Å². The standard InChI is InChI=1S/C29H33NO5/c1-16(2)35-29(32)26-18(4)30-22-13-21(19-10-11-24(33-5)25(15-19)34-6)14-23(31)28(22)27(26)20-9-7-8-17(3)12-20/h7-12,15-16,21,27-28H,13-14H2,1-6H3/t21-,27+,28?/m1/s1. The molecule has 1 fully saturated rings. The van der Waals surface area contributed by atoms with Crippen molar-refractivity contribution in [3.63, 3.8) is 0 Å². The van der Waals surface area contributed by atoms with Gasteiger partial charge in [-0.3, -0.25) is 9.79 Å². The lowest BCUT2D eigenvalue weighted by Crippen LogP contribution is -2.41. The van der Waals surface area contributed by atoms with E-state index in [0.29, 0.717) is 35.6 Å². The first-order valence-electron chi connectivity index (χ1n) is 12.0. The number of aryl methyl sites for hydroxylation is 1. The number of nitrogens with zero attached hydrogens (tertiary/aromatic N) is 1. The van der Waals surface area contributed by atoms with Gasteiger partial charge in [-0.05, 0) is 63.3 Å². The molecule has 0 amide bonds. The number of aliphatic imine (C=N–C) groups is 1. The Morgan fingerprint density at radius 3 is 2.34 bits per heavy atom. The van der Waals surface area contributed by atoms with Crippen molar-refractivity contribution in [1.82, 2.24) is 0 Å². The largest absolute Gasteiger partial charge is 0.493 e. The van der Waals surface area contributed by atoms with Crippen LogP contribution in [0.1, 0.15) is 62.1 Å². The Hall–Kier alpha value is -3.41. The van der Waals surface area contributed by atoms with Crippen LogP contribution in [0.15, 0.2) is 58.7 Å². The molecule has 35 heavy (non-hydrogen) atoms. The molecule has 0 bridgehead atoms. The number of fused-ring (bicyclic) bond motifs is 1. The molecule has 0 saturated heterocycles. The highest BCUT2D eigenvalue weighted by Crippen LogP contribution is 2.46. The molecule has 2 aliphatic rings. The summed E-state index contributed by atoms with van der Waals surface area (Å²) >= 11 is 0. The Morgan fingerprint density at radius 2 is 1.69 bits per heavy atom. The number of rotatable bonds is 6. The maximum atomic E-state index is 13.7. The van der Waals surface area contributed by atoms with Crippen molar-refractivity contribution in [2.24, 2.45) is 10.9 Å². The smallest absolute Gasteiger partial charge is 0.336 e. The highest BCUT2D eigenvalue weighted by Gasteiger charge is 2.46. The van der Waals surface area contributed by atoms with Crippen LogP contribution < -0.4 is 9.47 Å². The van der Waals surface area contributed by atoms with Gasteiger partial charge in [0.05, 0.1) is 31.8 Å². The molecule has 1 unspecified atom stereocenters. The molecule has 6 nitrogen and oxygen atoms in total. The number of benzene rings is 2. The number of carbonyl (C=O) groups excluding carboxylic acids is 2. The van der Waals surface area contributed by atoms with Crippen molar-refractivity contribution in [3.05, 3.63) is 70.4 Å². The van der Waals surface area contributed by atoms with Gasteiger partial charge < -0.3 is 14.2 Å². The number of allylic oxidation sites excluding steroid dienone is 1. The summed E-state index contributed by atoms with van der Waals surface area (Å²) in [5.41, 5.74) is 4.95. The van der Waals surface area contributed by atoms with Crippen LogP contribution in [0.3, 0.4) is 0 Å². The van der Waals surface area contributed by atoms with Gasteiger partial charge in [0.25, 0.3) is 0 Å². The number of esters is 1. The van der Waals surface area contributed by atoms with Crippen molar-refractivity contribution >= 4 is 17.5 Å². The Bertz CT molecular complexity index is 1210. The molecule has 4 rings (SSSR count). The number of ketones is 1. The van der Waals surface area contributed by atoms with Gasteiger partial charge in [-0.2, -0.15) is 0 Å². The first kappa shape index (κ1) is 24.7. The summed E-state index contributed by atoms with van der Waals surface area (Å²) in [6.45, 7) is 7.51. The van der Waals surface area contributed by atoms with Gasteiger partial charge in [-0.15, -0.1) is 0 Å². The quantitative estimate of drug-likeness (QED) is 0.513. The Morgan fingerprint density at radius 1 is 0.943 bits per heavy atom. The maximum Gasteiger partial charge on any atom is 0.336 e. The van der Waals surface area contributed by atoms with Crippen LogP contribution in [-0.4, -0.2) is 37.8 Å². The third-order valence-corrected chi connectivity index (χ3v) is 6.80. The van der Waals surface area contributed by atoms with Crippen molar-refractivity contribution in [2.45, 2.75) is 58.5 Å². The second kappa shape index (κ2) is 10.1. The second-order valence-electron chi connectivity index (χ2n) is 9.61. The van der Waals surface area contributed by atoms with Gasteiger partial charge in [-0.1, -0.05) is 35.9 Å². The number of ether oxygens (including phenoxy) is 3. The molecule has 0 spiro atoms. The second-order valence-corrected chi connectivity index (χ2v) is 9.61. The zero-order chi connectivity index (χ0) is 25.3. The van der Waals surface area contributed by atoms with E-state index in [-0.39, 0.29) is 17.8 Å². The normalized spacial score (nSPS) is 22.0. The zero-order valence-corrected chi connectivity index (χ0v) is 21.3. The monoisotopic (exact) mass is 475 g/mol. The van der Waals surface area contributed by atoms with Crippen molar-refractivity contribution in [2.75, 3.05) is 14.2 Å². The van der Waals surface area contributed by atoms with E-state index < -0.39 is 17.8 Å². The van der Waals surface area contributed by atoms with E-state index in [4.69, 9.17) is 19.2 Å². The van der Waals surface area contributed by atoms with Crippen molar-refractivity contribution in [3.8, 4) is 11.5 Å². The molecule has 6 heteroatoms. The van der Waals surface area contributed by atoms with E-state index >= 15 is 0 Å². The number of methoxy groups -OCH3 is 2. The van der Waals surface area contributed by atoms with E-state index in [0.717, 1.165) is 22.4 Å². The molecule has 1 heterocycles. The van der Waals surface area contributed by atoms with Crippen LogP contribution in [0.25, 0.3) is 0 Å². The maximum absolute atomic E-state index is 13.7. The fourth-order valence-electron chi connectivity index (χ4n) is 5.29. The molecular formula is C29H33NO5. The predicted molar refractivity (Wildman–Crippen MR) is 135 cm³/mol. The average Bonchev–Trinajstić information content (AvgIpc) is 2.82. The van der Waals surface area contributed by atoms with Crippen LogP contribution in [0.2, 0.25) is 0 Å². The number of carbonyl (C=O) groups is 2. The van der Waals surface area contributed by atoms with E-state index in [2.05, 4.69) is 6.07 Å². The molecule has 0 aromatic heterocycles. The van der Waals surface area contributed by atoms with Gasteiger partial charge in [-0.25, -0.2) is 4.79 Å². The minimum absolute atomic E-state index is 0.0209. The summed E-state index contributed by atoms with van der Waals surface area (Å²) in [7, 11) is 3.21. The van der Waals surface area contributed by atoms with Gasteiger partial charge in [0.15, 0.2) is 11.5 Å². The molecular weight excluding hydrogens is 442 g/mol. The molecule has 0 N–H and O–H groups in total. The fourth-order valence-corrected chi connectivity index (χ4v) is 5.29. The summed E-state index contributed by atoms with van der Waals surface area (Å²) in [4.78, 5) is 31.8. The molecule has 1 aliphatic heterocycles. The minimum atomic E-state index is -0.480. The van der Waals surface area contributed by atoms with Crippen LogP contribution >= 0.6 is 0 Å². The summed E-state index contributed by atoms with van der Waals surface area (Å²) in [6, 6.07) is 13.8. The number of Topliss-reactive ketones (excluding diaryl/α,β-unsaturated/α-hetero) is 1. The Kier molecular flexibility index (Phi) is 7.10. The lowest BCUT2D eigenvalue weighted by molar-refractivity contribution is -0.143. The number of hydrogen-bond donors (Lipinski definition) is 0. The van der Waals surface area contributed by atoms with E-state index in [1.54, 1.807) is 14.2 Å². The first-order valence-corrected chi connectivity index (χ1v) is 12.0. The highest BCUT2D eigenvalue weighted by molar-refractivity contribution is 6.12. The van der Waals surface area contributed by atoms with Gasteiger partial charge >= 0.3 is 5.97 Å². The van der Waals surface area contributed by atoms with Crippen LogP contribution in [0.5, 0.6) is 11.5 Å². The first-order chi connectivity index (χ1) is 16.7. The summed E-state index contributed by atoms with van der Waals surface area (Å²) in [5.74, 6) is 0.0623. The van der Waals surface area contributed by atoms with Gasteiger partial charge in [0.1, 0.15) is 5.78 Å². The highest BCUT2D eigenvalue weighted by atomic mass is 16.5. The predicted octanol–water partition coefficient (Wildman–Crippen LogP) is 5.54. The van der Waals surface area contributed by atoms with Crippen molar-refractivity contribution < 1.29 is 23.8 Å². The lowest BCUT2D eigenvalue weighted by Gasteiger charge is -2.38. The topological polar surface area (TPSA) is 74.2 Å². The van der Waals surface area contributed by atoms with Gasteiger partial charge in [0.2, 0.25) is 0 Å². The van der Waals surface area contributed by atoms with Crippen molar-refractivity contribution in [1.29, 1.82) is 0 Å². The summed E-state index contributed by atoms with van der Waals surface area (Å²) in [5, 5.41) is 0. The number of hydrogen-bond acceptors (Lipinski definition) is 6. The van der Waals surface area contributed by atoms with Gasteiger partial charge in [0, 0.05) is 23.7 Å². The van der Waals surface area contributed by atoms with Crippen LogP contribution in [-0.2, 0) is 14.3 Å². The Labute approximate surface area is 207 Å². The van der Waals surface area contributed by atoms with Crippen LogP contribution in [0, 0.1) is 12.8 Å². The molecule has 3 atom stereocenters. The van der Waals surface area contributed by atoms with E-state index in [1.807, 2.05) is 64.1 Å².